The smallest absolute Gasteiger partial charge is 0.247 e. The summed E-state index contributed by atoms with van der Waals surface area (Å²) < 4.78 is 46.5. The first-order valence-corrected chi connectivity index (χ1v) is 11.3. The van der Waals surface area contributed by atoms with Crippen LogP contribution in [-0.4, -0.2) is 42.6 Å². The number of halogens is 1. The van der Waals surface area contributed by atoms with E-state index >= 15 is 0 Å². The zero-order valence-corrected chi connectivity index (χ0v) is 17.4. The Labute approximate surface area is 175 Å². The molecular weight excluding hydrogens is 407 g/mol. The lowest BCUT2D eigenvalue weighted by Crippen LogP contribution is -2.44. The van der Waals surface area contributed by atoms with Crippen molar-refractivity contribution in [1.82, 2.24) is 19.8 Å². The molecule has 30 heavy (non-hydrogen) atoms. The molecule has 0 unspecified atom stereocenters. The van der Waals surface area contributed by atoms with Crippen molar-refractivity contribution < 1.29 is 17.2 Å². The first-order valence-electron chi connectivity index (χ1n) is 9.79. The van der Waals surface area contributed by atoms with Gasteiger partial charge in [0, 0.05) is 24.7 Å². The van der Waals surface area contributed by atoms with Gasteiger partial charge in [0.2, 0.25) is 21.8 Å². The summed E-state index contributed by atoms with van der Waals surface area (Å²) in [5, 5.41) is 8.26. The number of likely N-dealkylation sites (tertiary alicyclic amines) is 1. The molecular formula is C21H23FN4O3S. The quantitative estimate of drug-likeness (QED) is 0.646. The molecule has 0 radical (unpaired) electrons. The highest BCUT2D eigenvalue weighted by molar-refractivity contribution is 7.89. The molecule has 7 nitrogen and oxygen atoms in total. The monoisotopic (exact) mass is 430 g/mol. The van der Waals surface area contributed by atoms with Gasteiger partial charge in [0.25, 0.3) is 0 Å². The predicted octanol–water partition coefficient (Wildman–Crippen LogP) is 3.13. The Kier molecular flexibility index (Phi) is 5.94. The molecule has 1 aliphatic rings. The molecule has 0 atom stereocenters. The third kappa shape index (κ3) is 4.92. The highest BCUT2D eigenvalue weighted by atomic mass is 32.2. The fourth-order valence-corrected chi connectivity index (χ4v) is 4.74. The van der Waals surface area contributed by atoms with Gasteiger partial charge in [-0.15, -0.1) is 10.2 Å². The highest BCUT2D eigenvalue weighted by Gasteiger charge is 2.25. The van der Waals surface area contributed by atoms with Crippen molar-refractivity contribution in [2.45, 2.75) is 37.2 Å². The molecule has 9 heteroatoms. The van der Waals surface area contributed by atoms with Gasteiger partial charge in [0.15, 0.2) is 0 Å². The average Bonchev–Trinajstić information content (AvgIpc) is 3.19. The number of aryl methyl sites for hydroxylation is 1. The van der Waals surface area contributed by atoms with E-state index in [4.69, 9.17) is 4.42 Å². The lowest BCUT2D eigenvalue weighted by molar-refractivity contribution is 0.184. The van der Waals surface area contributed by atoms with E-state index in [1.54, 1.807) is 0 Å². The maximum absolute atomic E-state index is 13.0. The van der Waals surface area contributed by atoms with Crippen LogP contribution in [0.25, 0.3) is 11.5 Å². The largest absolute Gasteiger partial charge is 0.419 e. The summed E-state index contributed by atoms with van der Waals surface area (Å²) in [6.07, 6.45) is 1.33. The summed E-state index contributed by atoms with van der Waals surface area (Å²) in [5.74, 6) is 0.566. The molecule has 2 aromatic carbocycles. The van der Waals surface area contributed by atoms with E-state index < -0.39 is 15.8 Å². The summed E-state index contributed by atoms with van der Waals surface area (Å²) in [7, 11) is -3.66. The van der Waals surface area contributed by atoms with E-state index in [0.29, 0.717) is 44.3 Å². The van der Waals surface area contributed by atoms with Gasteiger partial charge < -0.3 is 4.42 Å². The highest BCUT2D eigenvalue weighted by Crippen LogP contribution is 2.21. The van der Waals surface area contributed by atoms with Crippen molar-refractivity contribution in [3.8, 4) is 11.5 Å². The fraction of sp³-hybridized carbons (Fsp3) is 0.333. The van der Waals surface area contributed by atoms with E-state index in [1.165, 1.54) is 12.1 Å². The second kappa shape index (κ2) is 8.63. The Morgan fingerprint density at radius 3 is 2.40 bits per heavy atom. The normalized spacial score (nSPS) is 16.1. The first-order chi connectivity index (χ1) is 14.4. The molecule has 1 saturated heterocycles. The molecule has 0 saturated carbocycles. The minimum absolute atomic E-state index is 0.0702. The zero-order chi connectivity index (χ0) is 21.1. The van der Waals surface area contributed by atoms with Crippen LogP contribution in [-0.2, 0) is 16.6 Å². The van der Waals surface area contributed by atoms with E-state index in [2.05, 4.69) is 19.8 Å². The maximum atomic E-state index is 13.0. The van der Waals surface area contributed by atoms with Crippen LogP contribution in [0.15, 0.2) is 57.8 Å². The van der Waals surface area contributed by atoms with Crippen LogP contribution in [0.2, 0.25) is 0 Å². The van der Waals surface area contributed by atoms with Crippen molar-refractivity contribution >= 4 is 10.0 Å². The van der Waals surface area contributed by atoms with E-state index in [1.807, 2.05) is 31.2 Å². The number of aromatic nitrogens is 2. The van der Waals surface area contributed by atoms with Gasteiger partial charge in [-0.25, -0.2) is 17.5 Å². The predicted molar refractivity (Wildman–Crippen MR) is 109 cm³/mol. The van der Waals surface area contributed by atoms with Gasteiger partial charge in [-0.3, -0.25) is 4.90 Å². The number of hydrogen-bond acceptors (Lipinski definition) is 6. The summed E-state index contributed by atoms with van der Waals surface area (Å²) in [6, 6.07) is 12.6. The molecule has 0 amide bonds. The van der Waals surface area contributed by atoms with Crippen LogP contribution >= 0.6 is 0 Å². The van der Waals surface area contributed by atoms with Crippen LogP contribution in [0.5, 0.6) is 0 Å². The number of piperidine rings is 1. The minimum atomic E-state index is -3.66. The topological polar surface area (TPSA) is 88.3 Å². The number of hydrogen-bond donors (Lipinski definition) is 1. The molecule has 0 spiro atoms. The third-order valence-electron chi connectivity index (χ3n) is 5.16. The second-order valence-corrected chi connectivity index (χ2v) is 9.21. The average molecular weight is 431 g/mol. The lowest BCUT2D eigenvalue weighted by Gasteiger charge is -2.31. The van der Waals surface area contributed by atoms with Gasteiger partial charge in [-0.1, -0.05) is 17.7 Å². The standard InChI is InChI=1S/C21H23FN4O3S/c1-15-2-4-16(5-3-15)21-24-23-20(29-21)14-26-12-10-18(11-13-26)25-30(27,28)19-8-6-17(22)7-9-19/h2-9,18,25H,10-14H2,1H3. The fourth-order valence-electron chi connectivity index (χ4n) is 3.43. The van der Waals surface area contributed by atoms with Crippen molar-refractivity contribution in [3.63, 3.8) is 0 Å². The molecule has 0 bridgehead atoms. The third-order valence-corrected chi connectivity index (χ3v) is 6.69. The van der Waals surface area contributed by atoms with Crippen LogP contribution in [0.1, 0.15) is 24.3 Å². The molecule has 2 heterocycles. The van der Waals surface area contributed by atoms with Crippen LogP contribution in [0.4, 0.5) is 4.39 Å². The molecule has 158 valence electrons. The van der Waals surface area contributed by atoms with Crippen LogP contribution < -0.4 is 4.72 Å². The first kappa shape index (κ1) is 20.6. The van der Waals surface area contributed by atoms with Crippen molar-refractivity contribution in [2.24, 2.45) is 0 Å². The van der Waals surface area contributed by atoms with E-state index in [9.17, 15) is 12.8 Å². The Balaban J connectivity index is 1.31. The Morgan fingerprint density at radius 2 is 1.73 bits per heavy atom. The number of rotatable bonds is 6. The van der Waals surface area contributed by atoms with Gasteiger partial charge in [0.05, 0.1) is 11.4 Å². The number of nitrogens with zero attached hydrogens (tertiary/aromatic N) is 3. The van der Waals surface area contributed by atoms with Gasteiger partial charge in [0.1, 0.15) is 5.82 Å². The Bertz CT molecular complexity index is 1090. The lowest BCUT2D eigenvalue weighted by atomic mass is 10.1. The molecule has 3 aromatic rings. The second-order valence-electron chi connectivity index (χ2n) is 7.49. The summed E-state index contributed by atoms with van der Waals surface area (Å²) >= 11 is 0. The Hall–Kier alpha value is -2.62. The minimum Gasteiger partial charge on any atom is -0.419 e. The zero-order valence-electron chi connectivity index (χ0n) is 16.6. The number of sulfonamides is 1. The van der Waals surface area contributed by atoms with Gasteiger partial charge in [-0.05, 0) is 56.2 Å². The van der Waals surface area contributed by atoms with Crippen molar-refractivity contribution in [3.05, 3.63) is 65.8 Å². The number of benzene rings is 2. The molecule has 0 aliphatic carbocycles. The molecule has 1 aromatic heterocycles. The SMILES string of the molecule is Cc1ccc(-c2nnc(CN3CCC(NS(=O)(=O)c4ccc(F)cc4)CC3)o2)cc1. The van der Waals surface area contributed by atoms with Gasteiger partial charge in [-0.2, -0.15) is 0 Å². The molecule has 4 rings (SSSR count). The van der Waals surface area contributed by atoms with Gasteiger partial charge >= 0.3 is 0 Å². The maximum Gasteiger partial charge on any atom is 0.247 e. The van der Waals surface area contributed by atoms with E-state index in [0.717, 1.165) is 23.3 Å². The van der Waals surface area contributed by atoms with Crippen molar-refractivity contribution in [2.75, 3.05) is 13.1 Å². The van der Waals surface area contributed by atoms with Crippen molar-refractivity contribution in [1.29, 1.82) is 0 Å². The molecule has 1 fully saturated rings. The molecule has 1 N–H and O–H groups in total. The van der Waals surface area contributed by atoms with Crippen LogP contribution in [0, 0.1) is 12.7 Å². The molecule has 1 aliphatic heterocycles. The Morgan fingerprint density at radius 1 is 1.07 bits per heavy atom. The summed E-state index contributed by atoms with van der Waals surface area (Å²) in [5.41, 5.74) is 2.05. The summed E-state index contributed by atoms with van der Waals surface area (Å²) in [6.45, 7) is 3.96. The summed E-state index contributed by atoms with van der Waals surface area (Å²) in [4.78, 5) is 2.23. The van der Waals surface area contributed by atoms with Crippen LogP contribution in [0.3, 0.4) is 0 Å². The van der Waals surface area contributed by atoms with E-state index in [-0.39, 0.29) is 10.9 Å². The number of nitrogens with one attached hydrogen (secondary N) is 1.